The Bertz CT molecular complexity index is 450. The number of carboxylic acids is 1. The van der Waals surface area contributed by atoms with Gasteiger partial charge >= 0.3 is 12.0 Å². The van der Waals surface area contributed by atoms with Crippen molar-refractivity contribution in [1.29, 1.82) is 0 Å². The fourth-order valence-corrected chi connectivity index (χ4v) is 3.47. The van der Waals surface area contributed by atoms with E-state index in [1.54, 1.807) is 0 Å². The smallest absolute Gasteiger partial charge is 0.328 e. The molecule has 1 rings (SSSR count). The second kappa shape index (κ2) is 6.28. The Morgan fingerprint density at radius 3 is 2.05 bits per heavy atom. The zero-order chi connectivity index (χ0) is 16.3. The van der Waals surface area contributed by atoms with Crippen molar-refractivity contribution >= 4 is 17.9 Å². The summed E-state index contributed by atoms with van der Waals surface area (Å²) in [7, 11) is 0. The quantitative estimate of drug-likeness (QED) is 0.695. The molecule has 3 amide bonds. The summed E-state index contributed by atoms with van der Waals surface area (Å²) in [6.45, 7) is 8.67. The molecule has 0 radical (unpaired) electrons. The average molecular weight is 296 g/mol. The molecule has 0 heterocycles. The zero-order valence-corrected chi connectivity index (χ0v) is 13.0. The van der Waals surface area contributed by atoms with Gasteiger partial charge < -0.3 is 10.4 Å². The summed E-state index contributed by atoms with van der Waals surface area (Å²) in [5.74, 6) is -1.98. The first kappa shape index (κ1) is 17.2. The maximum absolute atomic E-state index is 11.8. The topological polar surface area (TPSA) is 95.5 Å². The number of carbonyl (C=O) groups excluding carboxylic acids is 2. The summed E-state index contributed by atoms with van der Waals surface area (Å²) in [5, 5.41) is 13.3. The molecule has 0 bridgehead atoms. The maximum atomic E-state index is 11.8. The normalized spacial score (nSPS) is 21.0. The number of carbonyl (C=O) groups is 3. The minimum Gasteiger partial charge on any atom is -0.478 e. The Morgan fingerprint density at radius 2 is 1.57 bits per heavy atom. The van der Waals surface area contributed by atoms with Crippen molar-refractivity contribution in [1.82, 2.24) is 10.6 Å². The molecule has 1 aliphatic carbocycles. The van der Waals surface area contributed by atoms with Crippen molar-refractivity contribution in [2.75, 3.05) is 0 Å². The molecule has 0 atom stereocenters. The van der Waals surface area contributed by atoms with Crippen LogP contribution >= 0.6 is 0 Å². The van der Waals surface area contributed by atoms with E-state index in [1.807, 2.05) is 0 Å². The maximum Gasteiger partial charge on any atom is 0.328 e. The van der Waals surface area contributed by atoms with Crippen LogP contribution in [-0.4, -0.2) is 29.1 Å². The van der Waals surface area contributed by atoms with Gasteiger partial charge in [-0.05, 0) is 30.1 Å². The van der Waals surface area contributed by atoms with Crippen LogP contribution in [0.1, 0.15) is 47.0 Å². The Kier molecular flexibility index (Phi) is 5.15. The molecule has 0 saturated heterocycles. The lowest BCUT2D eigenvalue weighted by Gasteiger charge is -2.45. The molecular weight excluding hydrogens is 272 g/mol. The van der Waals surface area contributed by atoms with Crippen molar-refractivity contribution < 1.29 is 19.5 Å². The molecule has 0 unspecified atom stereocenters. The zero-order valence-electron chi connectivity index (χ0n) is 13.0. The molecule has 0 spiro atoms. The number of imide groups is 1. The van der Waals surface area contributed by atoms with E-state index in [1.165, 1.54) is 0 Å². The van der Waals surface area contributed by atoms with E-state index in [4.69, 9.17) is 5.11 Å². The fourth-order valence-electron chi connectivity index (χ4n) is 3.47. The highest BCUT2D eigenvalue weighted by Crippen LogP contribution is 2.45. The van der Waals surface area contributed by atoms with Crippen molar-refractivity contribution in [2.45, 2.75) is 53.0 Å². The Balaban J connectivity index is 2.54. The van der Waals surface area contributed by atoms with E-state index >= 15 is 0 Å². The highest BCUT2D eigenvalue weighted by molar-refractivity contribution is 6.02. The van der Waals surface area contributed by atoms with Crippen LogP contribution in [0.15, 0.2) is 12.2 Å². The SMILES string of the molecule is CC1(C)CC(NC(=O)NC(=O)/C=C/C(=O)O)CC(C)(C)C1. The van der Waals surface area contributed by atoms with Gasteiger partial charge in [0.2, 0.25) is 0 Å². The first-order valence-electron chi connectivity index (χ1n) is 7.02. The van der Waals surface area contributed by atoms with E-state index < -0.39 is 17.9 Å². The lowest BCUT2D eigenvalue weighted by atomic mass is 9.63. The molecule has 0 aromatic carbocycles. The summed E-state index contributed by atoms with van der Waals surface area (Å²) in [6, 6.07) is -0.589. The van der Waals surface area contributed by atoms with Gasteiger partial charge in [0.05, 0.1) is 0 Å². The molecule has 1 fully saturated rings. The van der Waals surface area contributed by atoms with E-state index in [0.717, 1.165) is 25.3 Å². The molecule has 0 aromatic rings. The fraction of sp³-hybridized carbons (Fsp3) is 0.667. The Morgan fingerprint density at radius 1 is 1.05 bits per heavy atom. The lowest BCUT2D eigenvalue weighted by Crippen LogP contribution is -2.50. The Labute approximate surface area is 125 Å². The van der Waals surface area contributed by atoms with Crippen molar-refractivity contribution in [2.24, 2.45) is 10.8 Å². The van der Waals surface area contributed by atoms with Crippen molar-refractivity contribution in [3.8, 4) is 0 Å². The highest BCUT2D eigenvalue weighted by Gasteiger charge is 2.38. The van der Waals surface area contributed by atoms with Gasteiger partial charge in [0.15, 0.2) is 0 Å². The van der Waals surface area contributed by atoms with Gasteiger partial charge in [0.25, 0.3) is 5.91 Å². The average Bonchev–Trinajstić information content (AvgIpc) is 2.21. The van der Waals surface area contributed by atoms with Gasteiger partial charge in [-0.25, -0.2) is 9.59 Å². The predicted octanol–water partition coefficient (Wildman–Crippen LogP) is 2.06. The van der Waals surface area contributed by atoms with E-state index in [9.17, 15) is 14.4 Å². The summed E-state index contributed by atoms with van der Waals surface area (Å²) < 4.78 is 0. The molecule has 6 heteroatoms. The second-order valence-corrected chi connectivity index (χ2v) is 7.24. The van der Waals surface area contributed by atoms with Crippen LogP contribution in [0, 0.1) is 10.8 Å². The van der Waals surface area contributed by atoms with Crippen LogP contribution in [0.3, 0.4) is 0 Å². The number of rotatable bonds is 3. The van der Waals surface area contributed by atoms with Crippen LogP contribution < -0.4 is 10.6 Å². The minimum atomic E-state index is -1.23. The standard InChI is InChI=1S/C15H24N2O4/c1-14(2)7-10(8-15(3,4)9-14)16-13(21)17-11(18)5-6-12(19)20/h5-6,10H,7-9H2,1-4H3,(H,19,20)(H2,16,17,18,21)/b6-5+. The summed E-state index contributed by atoms with van der Waals surface area (Å²) in [6.07, 6.45) is 4.29. The highest BCUT2D eigenvalue weighted by atomic mass is 16.4. The van der Waals surface area contributed by atoms with E-state index in [-0.39, 0.29) is 16.9 Å². The number of aliphatic carboxylic acids is 1. The largest absolute Gasteiger partial charge is 0.478 e. The summed E-state index contributed by atoms with van der Waals surface area (Å²) in [5.41, 5.74) is 0.264. The van der Waals surface area contributed by atoms with E-state index in [2.05, 4.69) is 38.3 Å². The third-order valence-corrected chi connectivity index (χ3v) is 3.50. The number of hydrogen-bond acceptors (Lipinski definition) is 3. The van der Waals surface area contributed by atoms with Gasteiger partial charge in [-0.1, -0.05) is 27.7 Å². The number of nitrogens with one attached hydrogen (secondary N) is 2. The lowest BCUT2D eigenvalue weighted by molar-refractivity contribution is -0.131. The molecule has 1 aliphatic rings. The Hall–Kier alpha value is -1.85. The molecular formula is C15H24N2O4. The molecule has 0 aliphatic heterocycles. The molecule has 3 N–H and O–H groups in total. The number of amides is 3. The van der Waals surface area contributed by atoms with Crippen LogP contribution in [0.25, 0.3) is 0 Å². The summed E-state index contributed by atoms with van der Waals surface area (Å²) in [4.78, 5) is 33.4. The van der Waals surface area contributed by atoms with E-state index in [0.29, 0.717) is 6.08 Å². The van der Waals surface area contributed by atoms with Crippen LogP contribution in [0.2, 0.25) is 0 Å². The first-order chi connectivity index (χ1) is 9.49. The van der Waals surface area contributed by atoms with Gasteiger partial charge in [0.1, 0.15) is 0 Å². The van der Waals surface area contributed by atoms with Gasteiger partial charge in [0, 0.05) is 18.2 Å². The van der Waals surface area contributed by atoms with Crippen LogP contribution in [0.4, 0.5) is 4.79 Å². The van der Waals surface area contributed by atoms with Gasteiger partial charge in [-0.2, -0.15) is 0 Å². The minimum absolute atomic E-state index is 0.00000310. The molecule has 6 nitrogen and oxygen atoms in total. The molecule has 118 valence electrons. The number of carboxylic acid groups (broad SMARTS) is 1. The van der Waals surface area contributed by atoms with Crippen LogP contribution in [-0.2, 0) is 9.59 Å². The van der Waals surface area contributed by atoms with Gasteiger partial charge in [-0.15, -0.1) is 0 Å². The first-order valence-corrected chi connectivity index (χ1v) is 7.02. The predicted molar refractivity (Wildman–Crippen MR) is 78.7 cm³/mol. The molecule has 1 saturated carbocycles. The summed E-state index contributed by atoms with van der Waals surface area (Å²) >= 11 is 0. The monoisotopic (exact) mass is 296 g/mol. The van der Waals surface area contributed by atoms with Crippen molar-refractivity contribution in [3.63, 3.8) is 0 Å². The van der Waals surface area contributed by atoms with Crippen LogP contribution in [0.5, 0.6) is 0 Å². The number of urea groups is 1. The third kappa shape index (κ3) is 6.42. The number of hydrogen-bond donors (Lipinski definition) is 3. The third-order valence-electron chi connectivity index (χ3n) is 3.50. The van der Waals surface area contributed by atoms with Gasteiger partial charge in [-0.3, -0.25) is 10.1 Å². The van der Waals surface area contributed by atoms with Crippen molar-refractivity contribution in [3.05, 3.63) is 12.2 Å². The molecule has 21 heavy (non-hydrogen) atoms. The second-order valence-electron chi connectivity index (χ2n) is 7.24. The molecule has 0 aromatic heterocycles.